The zero-order chi connectivity index (χ0) is 23.1. The van der Waals surface area contributed by atoms with Crippen molar-refractivity contribution in [3.63, 3.8) is 0 Å². The molecule has 168 valence electrons. The molecular formula is C27H25F2N3O. The molecule has 2 aromatic carbocycles. The largest absolute Gasteiger partial charge is 0.440 e. The van der Waals surface area contributed by atoms with Crippen molar-refractivity contribution in [3.8, 4) is 6.07 Å². The van der Waals surface area contributed by atoms with Crippen LogP contribution >= 0.6 is 0 Å². The Kier molecular flexibility index (Phi) is 5.51. The Morgan fingerprint density at radius 2 is 1.70 bits per heavy atom. The molecule has 3 atom stereocenters. The lowest BCUT2D eigenvalue weighted by Gasteiger charge is -2.43. The maximum Gasteiger partial charge on any atom is 0.205 e. The topological polar surface area (TPSA) is 62.3 Å². The predicted octanol–water partition coefficient (Wildman–Crippen LogP) is 5.37. The third-order valence-electron chi connectivity index (χ3n) is 6.83. The van der Waals surface area contributed by atoms with Gasteiger partial charge in [-0.2, -0.15) is 5.26 Å². The molecule has 0 spiro atoms. The van der Waals surface area contributed by atoms with Crippen LogP contribution in [0, 0.1) is 23.0 Å². The number of fused-ring (bicyclic) bond motifs is 3. The zero-order valence-electron chi connectivity index (χ0n) is 18.4. The molecule has 2 unspecified atom stereocenters. The van der Waals surface area contributed by atoms with E-state index in [2.05, 4.69) is 17.9 Å². The Morgan fingerprint density at radius 3 is 2.33 bits per heavy atom. The van der Waals surface area contributed by atoms with E-state index in [9.17, 15) is 14.0 Å². The van der Waals surface area contributed by atoms with Crippen LogP contribution in [0.5, 0.6) is 0 Å². The number of halogens is 2. The van der Waals surface area contributed by atoms with Gasteiger partial charge >= 0.3 is 0 Å². The fraction of sp³-hybridized carbons (Fsp3) is 0.296. The highest BCUT2D eigenvalue weighted by molar-refractivity contribution is 5.65. The lowest BCUT2D eigenvalue weighted by atomic mass is 9.77. The molecule has 1 fully saturated rings. The molecule has 2 bridgehead atoms. The van der Waals surface area contributed by atoms with Gasteiger partial charge in [-0.1, -0.05) is 31.2 Å². The maximum absolute atomic E-state index is 13.7. The summed E-state index contributed by atoms with van der Waals surface area (Å²) in [5.41, 5.74) is 10.3. The van der Waals surface area contributed by atoms with Gasteiger partial charge in [0.05, 0.1) is 5.92 Å². The highest BCUT2D eigenvalue weighted by Gasteiger charge is 2.49. The lowest BCUT2D eigenvalue weighted by Crippen LogP contribution is -2.46. The van der Waals surface area contributed by atoms with Crippen LogP contribution in [0.1, 0.15) is 43.2 Å². The fourth-order valence-corrected chi connectivity index (χ4v) is 5.50. The average molecular weight is 446 g/mol. The van der Waals surface area contributed by atoms with E-state index in [0.717, 1.165) is 48.1 Å². The van der Waals surface area contributed by atoms with Crippen LogP contribution in [0.25, 0.3) is 6.08 Å². The first-order valence-electron chi connectivity index (χ1n) is 11.3. The summed E-state index contributed by atoms with van der Waals surface area (Å²) in [7, 11) is 0. The first-order valence-corrected chi connectivity index (χ1v) is 11.3. The smallest absolute Gasteiger partial charge is 0.205 e. The minimum absolute atomic E-state index is 0.0823. The number of hydrogen-bond acceptors (Lipinski definition) is 4. The van der Waals surface area contributed by atoms with Gasteiger partial charge in [0.1, 0.15) is 29.0 Å². The first-order chi connectivity index (χ1) is 16.0. The SMILES string of the molecule is CCCN1C2CCC1/C(=C\c1ccc(F)cc1)C1=C2[C@@H](c2ccc(F)cc2)C(C#N)=C(N)O1. The van der Waals surface area contributed by atoms with Gasteiger partial charge in [-0.05, 0) is 67.3 Å². The van der Waals surface area contributed by atoms with E-state index in [4.69, 9.17) is 10.5 Å². The van der Waals surface area contributed by atoms with Crippen LogP contribution in [0.15, 0.2) is 76.9 Å². The van der Waals surface area contributed by atoms with E-state index in [0.29, 0.717) is 11.3 Å². The van der Waals surface area contributed by atoms with Crippen LogP contribution in [0.2, 0.25) is 0 Å². The number of nitrogens with zero attached hydrogens (tertiary/aromatic N) is 2. The van der Waals surface area contributed by atoms with Gasteiger partial charge in [0.15, 0.2) is 0 Å². The first kappa shape index (κ1) is 21.4. The molecule has 5 rings (SSSR count). The van der Waals surface area contributed by atoms with Gasteiger partial charge in [-0.15, -0.1) is 0 Å². The highest BCUT2D eigenvalue weighted by atomic mass is 19.1. The fourth-order valence-electron chi connectivity index (χ4n) is 5.50. The van der Waals surface area contributed by atoms with Crippen molar-refractivity contribution in [1.29, 1.82) is 5.26 Å². The summed E-state index contributed by atoms with van der Waals surface area (Å²) in [6, 6.07) is 15.1. The van der Waals surface area contributed by atoms with Crippen molar-refractivity contribution in [2.24, 2.45) is 5.73 Å². The van der Waals surface area contributed by atoms with Crippen LogP contribution in [-0.4, -0.2) is 23.5 Å². The molecule has 2 aromatic rings. The monoisotopic (exact) mass is 445 g/mol. The second-order valence-corrected chi connectivity index (χ2v) is 8.76. The quantitative estimate of drug-likeness (QED) is 0.688. The summed E-state index contributed by atoms with van der Waals surface area (Å²) in [5.74, 6) is -0.238. The molecule has 33 heavy (non-hydrogen) atoms. The molecule has 0 radical (unpaired) electrons. The van der Waals surface area contributed by atoms with E-state index in [1.54, 1.807) is 24.3 Å². The van der Waals surface area contributed by atoms with Gasteiger partial charge in [-0.25, -0.2) is 8.78 Å². The summed E-state index contributed by atoms with van der Waals surface area (Å²) < 4.78 is 33.4. The number of benzene rings is 2. The number of allylic oxidation sites excluding steroid dienone is 1. The van der Waals surface area contributed by atoms with E-state index in [-0.39, 0.29) is 29.6 Å². The van der Waals surface area contributed by atoms with Crippen LogP contribution in [-0.2, 0) is 4.74 Å². The number of ether oxygens (including phenoxy) is 1. The molecule has 3 aliphatic rings. The molecule has 3 aliphatic heterocycles. The number of nitriles is 1. The van der Waals surface area contributed by atoms with E-state index < -0.39 is 5.92 Å². The van der Waals surface area contributed by atoms with Crippen LogP contribution in [0.4, 0.5) is 8.78 Å². The Hall–Kier alpha value is -3.43. The van der Waals surface area contributed by atoms with Crippen LogP contribution in [0.3, 0.4) is 0 Å². The number of nitrogens with two attached hydrogens (primary N) is 1. The molecule has 2 N–H and O–H groups in total. The summed E-state index contributed by atoms with van der Waals surface area (Å²) in [6.07, 6.45) is 4.91. The molecule has 6 heteroatoms. The second kappa shape index (κ2) is 8.49. The zero-order valence-corrected chi connectivity index (χ0v) is 18.4. The highest BCUT2D eigenvalue weighted by Crippen LogP contribution is 2.52. The normalized spacial score (nSPS) is 25.8. The minimum atomic E-state index is -0.403. The molecule has 0 amide bonds. The van der Waals surface area contributed by atoms with Gasteiger partial charge in [-0.3, -0.25) is 4.90 Å². The Labute approximate surface area is 192 Å². The Bertz CT molecular complexity index is 1210. The Morgan fingerprint density at radius 1 is 1.06 bits per heavy atom. The van der Waals surface area contributed by atoms with E-state index in [1.165, 1.54) is 24.3 Å². The predicted molar refractivity (Wildman–Crippen MR) is 122 cm³/mol. The third-order valence-corrected chi connectivity index (χ3v) is 6.83. The number of rotatable bonds is 4. The van der Waals surface area contributed by atoms with Crippen molar-refractivity contribution < 1.29 is 13.5 Å². The standard InChI is InChI=1S/C27H25F2N3O/c1-2-13-32-22-11-12-23(32)25-24(17-5-9-19(29)10-6-17)21(15-30)27(31)33-26(25)20(22)14-16-3-7-18(28)8-4-16/h3-10,14,22-24H,2,11-13,31H2,1H3/b20-14+/t22?,23?,24-/m0/s1. The van der Waals surface area contributed by atoms with E-state index in [1.807, 2.05) is 6.08 Å². The molecule has 0 aromatic heterocycles. The summed E-state index contributed by atoms with van der Waals surface area (Å²) in [6.45, 7) is 3.06. The van der Waals surface area contributed by atoms with Gasteiger partial charge < -0.3 is 10.5 Å². The average Bonchev–Trinajstić information content (AvgIpc) is 3.14. The van der Waals surface area contributed by atoms with Gasteiger partial charge in [0.25, 0.3) is 0 Å². The molecular weight excluding hydrogens is 420 g/mol. The van der Waals surface area contributed by atoms with Crippen molar-refractivity contribution >= 4 is 6.08 Å². The molecule has 1 saturated heterocycles. The molecule has 0 saturated carbocycles. The molecule has 3 heterocycles. The summed E-state index contributed by atoms with van der Waals surface area (Å²) in [5, 5.41) is 9.98. The molecule has 4 nitrogen and oxygen atoms in total. The van der Waals surface area contributed by atoms with Crippen molar-refractivity contribution in [2.45, 2.75) is 44.2 Å². The molecule has 0 aliphatic carbocycles. The van der Waals surface area contributed by atoms with E-state index >= 15 is 0 Å². The van der Waals surface area contributed by atoms with Crippen molar-refractivity contribution in [2.75, 3.05) is 6.54 Å². The Balaban J connectivity index is 1.72. The lowest BCUT2D eigenvalue weighted by molar-refractivity contribution is 0.181. The van der Waals surface area contributed by atoms with Crippen molar-refractivity contribution in [1.82, 2.24) is 4.90 Å². The van der Waals surface area contributed by atoms with Crippen molar-refractivity contribution in [3.05, 3.63) is 99.7 Å². The second-order valence-electron chi connectivity index (χ2n) is 8.76. The third kappa shape index (κ3) is 3.63. The van der Waals surface area contributed by atoms with Gasteiger partial charge in [0.2, 0.25) is 5.88 Å². The summed E-state index contributed by atoms with van der Waals surface area (Å²) >= 11 is 0. The maximum atomic E-state index is 13.7. The summed E-state index contributed by atoms with van der Waals surface area (Å²) in [4.78, 5) is 2.48. The minimum Gasteiger partial charge on any atom is -0.440 e. The number of hydrogen-bond donors (Lipinski definition) is 1. The van der Waals surface area contributed by atoms with Gasteiger partial charge in [0, 0.05) is 23.2 Å². The van der Waals surface area contributed by atoms with Crippen LogP contribution < -0.4 is 5.73 Å².